The Morgan fingerprint density at radius 1 is 1.24 bits per heavy atom. The van der Waals surface area contributed by atoms with Crippen LogP contribution in [0, 0.1) is 18.3 Å². The van der Waals surface area contributed by atoms with Crippen molar-refractivity contribution >= 4 is 21.1 Å². The predicted octanol–water partition coefficient (Wildman–Crippen LogP) is 3.69. The average molecular weight is 410 g/mol. The van der Waals surface area contributed by atoms with E-state index in [-0.39, 0.29) is 17.1 Å². The molecule has 1 aliphatic carbocycles. The first-order valence-electron chi connectivity index (χ1n) is 9.72. The lowest BCUT2D eigenvalue weighted by Crippen LogP contribution is -2.30. The summed E-state index contributed by atoms with van der Waals surface area (Å²) in [5, 5.41) is 10.7. The third kappa shape index (κ3) is 3.41. The standard InChI is InChI=1S/C21H23N5O2S/c1-13(2)25-29(27,28)19-10-8-15(12-23-19)20-18(11-22)17-9-7-14(3)24-21(17)26(20)16-5-4-6-16/h7-10,12-13,16,25H,4-6H2,1-3H3. The van der Waals surface area contributed by atoms with E-state index >= 15 is 0 Å². The van der Waals surface area contributed by atoms with Gasteiger partial charge in [0.25, 0.3) is 10.0 Å². The monoisotopic (exact) mass is 409 g/mol. The van der Waals surface area contributed by atoms with E-state index in [2.05, 4.69) is 20.3 Å². The summed E-state index contributed by atoms with van der Waals surface area (Å²) in [5.74, 6) is 0. The van der Waals surface area contributed by atoms with Crippen LogP contribution >= 0.6 is 0 Å². The third-order valence-electron chi connectivity index (χ3n) is 5.22. The van der Waals surface area contributed by atoms with E-state index in [1.54, 1.807) is 19.9 Å². The van der Waals surface area contributed by atoms with E-state index in [0.29, 0.717) is 11.1 Å². The molecule has 0 radical (unpaired) electrons. The number of aromatic nitrogens is 3. The molecule has 0 unspecified atom stereocenters. The average Bonchev–Trinajstić information content (AvgIpc) is 2.93. The largest absolute Gasteiger partial charge is 0.321 e. The molecule has 7 nitrogen and oxygen atoms in total. The third-order valence-corrected chi connectivity index (χ3v) is 6.79. The van der Waals surface area contributed by atoms with Crippen LogP contribution in [0.4, 0.5) is 0 Å². The highest BCUT2D eigenvalue weighted by molar-refractivity contribution is 7.89. The number of nitrogens with one attached hydrogen (secondary N) is 1. The first-order valence-corrected chi connectivity index (χ1v) is 11.2. The van der Waals surface area contributed by atoms with Crippen molar-refractivity contribution in [3.8, 4) is 17.3 Å². The van der Waals surface area contributed by atoms with Crippen LogP contribution in [0.2, 0.25) is 0 Å². The van der Waals surface area contributed by atoms with E-state index < -0.39 is 10.0 Å². The van der Waals surface area contributed by atoms with Gasteiger partial charge in [-0.2, -0.15) is 5.26 Å². The van der Waals surface area contributed by atoms with Gasteiger partial charge < -0.3 is 4.57 Å². The smallest absolute Gasteiger partial charge is 0.258 e. The van der Waals surface area contributed by atoms with Gasteiger partial charge in [0.2, 0.25) is 0 Å². The summed E-state index contributed by atoms with van der Waals surface area (Å²) < 4.78 is 29.4. The van der Waals surface area contributed by atoms with Crippen molar-refractivity contribution in [2.45, 2.75) is 57.1 Å². The Morgan fingerprint density at radius 2 is 2.00 bits per heavy atom. The summed E-state index contributed by atoms with van der Waals surface area (Å²) in [6, 6.07) is 9.45. The summed E-state index contributed by atoms with van der Waals surface area (Å²) in [6.45, 7) is 5.46. The molecule has 4 rings (SSSR count). The van der Waals surface area contributed by atoms with Gasteiger partial charge in [0, 0.05) is 34.9 Å². The second-order valence-corrected chi connectivity index (χ2v) is 9.44. The minimum atomic E-state index is -3.67. The maximum absolute atomic E-state index is 12.4. The number of fused-ring (bicyclic) bond motifs is 1. The van der Waals surface area contributed by atoms with Gasteiger partial charge in [-0.15, -0.1) is 0 Å². The molecule has 0 aromatic carbocycles. The summed E-state index contributed by atoms with van der Waals surface area (Å²) in [6.07, 6.45) is 4.75. The number of sulfonamides is 1. The van der Waals surface area contributed by atoms with E-state index in [1.165, 1.54) is 12.3 Å². The molecule has 0 atom stereocenters. The number of aryl methyl sites for hydroxylation is 1. The highest BCUT2D eigenvalue weighted by atomic mass is 32.2. The van der Waals surface area contributed by atoms with Crippen molar-refractivity contribution in [2.75, 3.05) is 0 Å². The second kappa shape index (κ2) is 7.25. The SMILES string of the molecule is Cc1ccc2c(C#N)c(-c3ccc(S(=O)(=O)NC(C)C)nc3)n(C3CCC3)c2n1. The second-order valence-electron chi connectivity index (χ2n) is 7.78. The molecule has 0 amide bonds. The van der Waals surface area contributed by atoms with Gasteiger partial charge in [0.15, 0.2) is 5.03 Å². The Bertz CT molecular complexity index is 1220. The van der Waals surface area contributed by atoms with Gasteiger partial charge in [-0.25, -0.2) is 23.1 Å². The molecule has 3 aromatic heterocycles. The molecule has 3 aromatic rings. The number of nitriles is 1. The number of nitrogens with zero attached hydrogens (tertiary/aromatic N) is 4. The minimum Gasteiger partial charge on any atom is -0.321 e. The maximum atomic E-state index is 12.4. The fourth-order valence-corrected chi connectivity index (χ4v) is 4.90. The van der Waals surface area contributed by atoms with Crippen molar-refractivity contribution in [1.29, 1.82) is 5.26 Å². The summed E-state index contributed by atoms with van der Waals surface area (Å²) in [5.41, 5.74) is 3.73. The summed E-state index contributed by atoms with van der Waals surface area (Å²) in [4.78, 5) is 8.90. The molecule has 150 valence electrons. The molecule has 0 aliphatic heterocycles. The first-order chi connectivity index (χ1) is 13.8. The predicted molar refractivity (Wildman–Crippen MR) is 111 cm³/mol. The molecule has 1 fully saturated rings. The van der Waals surface area contributed by atoms with Gasteiger partial charge in [-0.1, -0.05) is 0 Å². The molecule has 0 spiro atoms. The van der Waals surface area contributed by atoms with Crippen molar-refractivity contribution in [1.82, 2.24) is 19.3 Å². The molecule has 1 aliphatic rings. The Morgan fingerprint density at radius 3 is 2.55 bits per heavy atom. The van der Waals surface area contributed by atoms with Crippen LogP contribution in [0.1, 0.15) is 50.4 Å². The van der Waals surface area contributed by atoms with Gasteiger partial charge in [0.05, 0.1) is 11.3 Å². The zero-order valence-electron chi connectivity index (χ0n) is 16.7. The molecule has 1 N–H and O–H groups in total. The van der Waals surface area contributed by atoms with Crippen molar-refractivity contribution in [2.24, 2.45) is 0 Å². The highest BCUT2D eigenvalue weighted by Gasteiger charge is 2.29. The topological polar surface area (TPSA) is 101 Å². The fraction of sp³-hybridized carbons (Fsp3) is 0.381. The summed E-state index contributed by atoms with van der Waals surface area (Å²) >= 11 is 0. The molecule has 29 heavy (non-hydrogen) atoms. The van der Waals surface area contributed by atoms with Crippen LogP contribution in [0.25, 0.3) is 22.3 Å². The van der Waals surface area contributed by atoms with Crippen LogP contribution in [-0.2, 0) is 10.0 Å². The number of hydrogen-bond donors (Lipinski definition) is 1. The molecule has 8 heteroatoms. The van der Waals surface area contributed by atoms with Crippen LogP contribution in [-0.4, -0.2) is 29.0 Å². The van der Waals surface area contributed by atoms with Gasteiger partial charge in [-0.05, 0) is 64.3 Å². The quantitative estimate of drug-likeness (QED) is 0.693. The van der Waals surface area contributed by atoms with Gasteiger partial charge in [0.1, 0.15) is 11.7 Å². The lowest BCUT2D eigenvalue weighted by molar-refractivity contribution is 0.323. The number of hydrogen-bond acceptors (Lipinski definition) is 5. The Labute approximate surface area is 170 Å². The van der Waals surface area contributed by atoms with E-state index in [1.807, 2.05) is 19.1 Å². The van der Waals surface area contributed by atoms with Gasteiger partial charge >= 0.3 is 0 Å². The lowest BCUT2D eigenvalue weighted by Gasteiger charge is -2.29. The normalized spacial score (nSPS) is 14.9. The fourth-order valence-electron chi connectivity index (χ4n) is 3.72. The van der Waals surface area contributed by atoms with Gasteiger partial charge in [-0.3, -0.25) is 0 Å². The van der Waals surface area contributed by atoms with Crippen LogP contribution < -0.4 is 4.72 Å². The van der Waals surface area contributed by atoms with Crippen molar-refractivity contribution < 1.29 is 8.42 Å². The van der Waals surface area contributed by atoms with Crippen LogP contribution in [0.5, 0.6) is 0 Å². The maximum Gasteiger partial charge on any atom is 0.258 e. The van der Waals surface area contributed by atoms with Crippen LogP contribution in [0.3, 0.4) is 0 Å². The summed E-state index contributed by atoms with van der Waals surface area (Å²) in [7, 11) is -3.67. The molecule has 0 saturated heterocycles. The molecular formula is C21H23N5O2S. The highest BCUT2D eigenvalue weighted by Crippen LogP contribution is 2.41. The molecular weight excluding hydrogens is 386 g/mol. The van der Waals surface area contributed by atoms with Crippen molar-refractivity contribution in [3.05, 3.63) is 41.7 Å². The van der Waals surface area contributed by atoms with E-state index in [9.17, 15) is 13.7 Å². The van der Waals surface area contributed by atoms with E-state index in [4.69, 9.17) is 4.98 Å². The Kier molecular flexibility index (Phi) is 4.89. The zero-order chi connectivity index (χ0) is 20.8. The zero-order valence-corrected chi connectivity index (χ0v) is 17.5. The first kappa shape index (κ1) is 19.6. The number of pyridine rings is 2. The molecule has 0 bridgehead atoms. The number of rotatable bonds is 5. The Balaban J connectivity index is 1.89. The minimum absolute atomic E-state index is 0.0336. The van der Waals surface area contributed by atoms with E-state index in [0.717, 1.165) is 41.7 Å². The molecule has 3 heterocycles. The van der Waals surface area contributed by atoms with Crippen molar-refractivity contribution in [3.63, 3.8) is 0 Å². The lowest BCUT2D eigenvalue weighted by atomic mass is 9.92. The molecule has 1 saturated carbocycles. The van der Waals surface area contributed by atoms with Crippen LogP contribution in [0.15, 0.2) is 35.5 Å². The Hall–Kier alpha value is -2.76.